The third kappa shape index (κ3) is 4.96. The number of rotatable bonds is 8. The molecule has 0 radical (unpaired) electrons. The summed E-state index contributed by atoms with van der Waals surface area (Å²) < 4.78 is 41.5. The molecule has 2 N–H and O–H groups in total. The lowest BCUT2D eigenvalue weighted by atomic mass is 9.98. The summed E-state index contributed by atoms with van der Waals surface area (Å²) in [4.78, 5) is 37.6. The third-order valence-corrected chi connectivity index (χ3v) is 6.77. The maximum atomic E-state index is 14.2. The van der Waals surface area contributed by atoms with Gasteiger partial charge >= 0.3 is 0 Å². The Kier molecular flexibility index (Phi) is 6.83. The van der Waals surface area contributed by atoms with Crippen molar-refractivity contribution in [1.82, 2.24) is 25.1 Å². The molecule has 0 fully saturated rings. The zero-order chi connectivity index (χ0) is 27.1. The normalized spacial score (nSPS) is 16.2. The first-order chi connectivity index (χ1) is 18.1. The van der Waals surface area contributed by atoms with Crippen LogP contribution in [0.25, 0.3) is 16.6 Å². The number of aromatic amines is 1. The van der Waals surface area contributed by atoms with Crippen molar-refractivity contribution >= 4 is 28.3 Å². The fourth-order valence-corrected chi connectivity index (χ4v) is 4.90. The highest BCUT2D eigenvalue weighted by atomic mass is 19.2. The zero-order valence-corrected chi connectivity index (χ0v) is 21.4. The molecule has 10 heteroatoms. The molecule has 38 heavy (non-hydrogen) atoms. The summed E-state index contributed by atoms with van der Waals surface area (Å²) in [6, 6.07) is 4.67. The van der Waals surface area contributed by atoms with E-state index in [9.17, 15) is 22.8 Å². The van der Waals surface area contributed by atoms with E-state index in [4.69, 9.17) is 0 Å². The van der Waals surface area contributed by atoms with Crippen molar-refractivity contribution in [2.75, 3.05) is 27.2 Å². The van der Waals surface area contributed by atoms with E-state index in [2.05, 4.69) is 15.3 Å². The van der Waals surface area contributed by atoms with Crippen LogP contribution in [-0.2, 0) is 17.8 Å². The standard InChI is InChI=1S/C28H28F3N5O2/c1-15(9-16-10-18(29)12-20(30)26(16)31)32-21-5-4-6-24(37)25(21)27-33-22-11-17-14-36(8-7-35(2)3)28(38)19(17)13-23(22)34-27/h4-5,10-13,15,32H,6-9,14H2,1-3H3,(H,33,34)/t15-/m0/s1. The zero-order valence-electron chi connectivity index (χ0n) is 21.4. The van der Waals surface area contributed by atoms with Gasteiger partial charge in [0, 0.05) is 49.4 Å². The van der Waals surface area contributed by atoms with Gasteiger partial charge in [0.15, 0.2) is 17.4 Å². The highest BCUT2D eigenvalue weighted by Gasteiger charge is 2.29. The molecule has 0 bridgehead atoms. The second kappa shape index (κ2) is 10.1. The van der Waals surface area contributed by atoms with E-state index in [-0.39, 0.29) is 30.1 Å². The lowest BCUT2D eigenvalue weighted by Gasteiger charge is -2.21. The molecule has 1 atom stereocenters. The summed E-state index contributed by atoms with van der Waals surface area (Å²) in [7, 11) is 3.92. The molecule has 3 aromatic rings. The van der Waals surface area contributed by atoms with Crippen LogP contribution in [0.3, 0.4) is 0 Å². The van der Waals surface area contributed by atoms with Gasteiger partial charge in [-0.3, -0.25) is 9.59 Å². The number of amides is 1. The van der Waals surface area contributed by atoms with Crippen molar-refractivity contribution in [1.29, 1.82) is 0 Å². The first-order valence-corrected chi connectivity index (χ1v) is 12.4. The second-order valence-electron chi connectivity index (χ2n) is 10.1. The van der Waals surface area contributed by atoms with E-state index in [0.29, 0.717) is 52.8 Å². The summed E-state index contributed by atoms with van der Waals surface area (Å²) in [6.07, 6.45) is 3.64. The number of fused-ring (bicyclic) bond motifs is 2. The van der Waals surface area contributed by atoms with Gasteiger partial charge in [0.05, 0.1) is 16.6 Å². The van der Waals surface area contributed by atoms with Crippen LogP contribution in [0.4, 0.5) is 13.2 Å². The smallest absolute Gasteiger partial charge is 0.254 e. The quantitative estimate of drug-likeness (QED) is 0.437. The molecule has 1 amide bonds. The maximum absolute atomic E-state index is 14.2. The first-order valence-electron chi connectivity index (χ1n) is 12.4. The number of hydrogen-bond donors (Lipinski definition) is 2. The van der Waals surface area contributed by atoms with Crippen LogP contribution in [0.1, 0.15) is 40.7 Å². The number of benzene rings is 2. The summed E-state index contributed by atoms with van der Waals surface area (Å²) in [6.45, 7) is 3.63. The predicted octanol–water partition coefficient (Wildman–Crippen LogP) is 3.96. The average Bonchev–Trinajstić information content (AvgIpc) is 3.39. The van der Waals surface area contributed by atoms with Gasteiger partial charge in [-0.2, -0.15) is 0 Å². The first kappa shape index (κ1) is 25.7. The van der Waals surface area contributed by atoms with Crippen LogP contribution in [0.2, 0.25) is 0 Å². The van der Waals surface area contributed by atoms with Gasteiger partial charge in [0.25, 0.3) is 5.91 Å². The number of imidazole rings is 1. The molecular formula is C28H28F3N5O2. The van der Waals surface area contributed by atoms with Crippen LogP contribution in [0, 0.1) is 17.5 Å². The number of H-pyrrole nitrogens is 1. The van der Waals surface area contributed by atoms with Crippen molar-refractivity contribution in [3.05, 3.63) is 82.1 Å². The van der Waals surface area contributed by atoms with E-state index < -0.39 is 23.5 Å². The Hall–Kier alpha value is -3.92. The van der Waals surface area contributed by atoms with Gasteiger partial charge in [-0.15, -0.1) is 0 Å². The number of ketones is 1. The second-order valence-corrected chi connectivity index (χ2v) is 10.1. The molecule has 0 spiro atoms. The minimum absolute atomic E-state index is 0.00138. The summed E-state index contributed by atoms with van der Waals surface area (Å²) in [5.41, 5.74) is 3.50. The predicted molar refractivity (Wildman–Crippen MR) is 138 cm³/mol. The van der Waals surface area contributed by atoms with Gasteiger partial charge < -0.3 is 20.1 Å². The molecule has 1 aliphatic carbocycles. The van der Waals surface area contributed by atoms with Crippen LogP contribution < -0.4 is 5.32 Å². The molecule has 0 saturated carbocycles. The van der Waals surface area contributed by atoms with E-state index in [1.807, 2.05) is 25.1 Å². The number of allylic oxidation sites excluding steroid dienone is 3. The lowest BCUT2D eigenvalue weighted by Crippen LogP contribution is -2.31. The van der Waals surface area contributed by atoms with Crippen LogP contribution in [0.5, 0.6) is 0 Å². The molecule has 2 heterocycles. The molecule has 1 aliphatic heterocycles. The fourth-order valence-electron chi connectivity index (χ4n) is 4.90. The largest absolute Gasteiger partial charge is 0.382 e. The molecule has 7 nitrogen and oxygen atoms in total. The number of aromatic nitrogens is 2. The maximum Gasteiger partial charge on any atom is 0.254 e. The average molecular weight is 524 g/mol. The number of nitrogens with one attached hydrogen (secondary N) is 2. The molecule has 1 aromatic heterocycles. The summed E-state index contributed by atoms with van der Waals surface area (Å²) in [5.74, 6) is -3.04. The molecule has 0 saturated heterocycles. The van der Waals surface area contributed by atoms with Crippen molar-refractivity contribution in [2.24, 2.45) is 0 Å². The molecule has 2 aromatic carbocycles. The Morgan fingerprint density at radius 2 is 1.95 bits per heavy atom. The molecule has 198 valence electrons. The minimum atomic E-state index is -1.24. The Balaban J connectivity index is 1.42. The minimum Gasteiger partial charge on any atom is -0.382 e. The number of nitrogens with zero attached hydrogens (tertiary/aromatic N) is 3. The Morgan fingerprint density at radius 1 is 1.16 bits per heavy atom. The van der Waals surface area contributed by atoms with Gasteiger partial charge in [-0.05, 0) is 62.8 Å². The van der Waals surface area contributed by atoms with Crippen molar-refractivity contribution < 1.29 is 22.8 Å². The third-order valence-electron chi connectivity index (χ3n) is 6.77. The lowest BCUT2D eigenvalue weighted by molar-refractivity contribution is -0.113. The topological polar surface area (TPSA) is 81.3 Å². The number of Topliss-reactive ketones (excluding diaryl/α,β-unsaturated/α-hetero) is 1. The van der Waals surface area contributed by atoms with Crippen molar-refractivity contribution in [2.45, 2.75) is 32.4 Å². The molecule has 5 rings (SSSR count). The van der Waals surface area contributed by atoms with E-state index in [0.717, 1.165) is 18.2 Å². The number of carbonyl (C=O) groups excluding carboxylic acids is 2. The van der Waals surface area contributed by atoms with E-state index >= 15 is 0 Å². The number of carbonyl (C=O) groups is 2. The van der Waals surface area contributed by atoms with Gasteiger partial charge in [-0.1, -0.05) is 6.08 Å². The number of halogens is 3. The van der Waals surface area contributed by atoms with Crippen LogP contribution >= 0.6 is 0 Å². The Labute approximate surface area is 218 Å². The van der Waals surface area contributed by atoms with Gasteiger partial charge in [-0.25, -0.2) is 18.2 Å². The SMILES string of the molecule is C[C@@H](Cc1cc(F)cc(F)c1F)NC1=C(c2nc3cc4c(cc3[nH]2)CN(CCN(C)C)C4=O)C(=O)CC=C1. The van der Waals surface area contributed by atoms with Gasteiger partial charge in [0.2, 0.25) is 0 Å². The molecule has 2 aliphatic rings. The highest BCUT2D eigenvalue weighted by Crippen LogP contribution is 2.30. The monoisotopic (exact) mass is 523 g/mol. The fraction of sp³-hybridized carbons (Fsp3) is 0.321. The Morgan fingerprint density at radius 3 is 2.71 bits per heavy atom. The highest BCUT2D eigenvalue weighted by molar-refractivity contribution is 6.22. The van der Waals surface area contributed by atoms with E-state index in [1.165, 1.54) is 0 Å². The summed E-state index contributed by atoms with van der Waals surface area (Å²) in [5, 5.41) is 3.17. The Bertz CT molecular complexity index is 1510. The molecular weight excluding hydrogens is 495 g/mol. The van der Waals surface area contributed by atoms with Crippen molar-refractivity contribution in [3.63, 3.8) is 0 Å². The van der Waals surface area contributed by atoms with Crippen molar-refractivity contribution in [3.8, 4) is 0 Å². The van der Waals surface area contributed by atoms with Crippen LogP contribution in [0.15, 0.2) is 42.1 Å². The van der Waals surface area contributed by atoms with E-state index in [1.54, 1.807) is 30.0 Å². The summed E-state index contributed by atoms with van der Waals surface area (Å²) >= 11 is 0. The number of hydrogen-bond acceptors (Lipinski definition) is 5. The van der Waals surface area contributed by atoms with Crippen LogP contribution in [-0.4, -0.2) is 64.7 Å². The van der Waals surface area contributed by atoms with Gasteiger partial charge in [0.1, 0.15) is 11.6 Å². The molecule has 0 unspecified atom stereocenters. The number of likely N-dealkylation sites (N-methyl/N-ethyl adjacent to an activating group) is 1.